The van der Waals surface area contributed by atoms with Crippen LogP contribution in [0.3, 0.4) is 0 Å². The van der Waals surface area contributed by atoms with E-state index in [2.05, 4.69) is 20.9 Å². The molecule has 1 spiro atoms. The lowest BCUT2D eigenvalue weighted by molar-refractivity contribution is -0.146. The van der Waals surface area contributed by atoms with Gasteiger partial charge in [-0.2, -0.15) is 0 Å². The maximum atomic E-state index is 14.9. The first-order valence-corrected chi connectivity index (χ1v) is 21.1. The maximum absolute atomic E-state index is 14.9. The third-order valence-corrected chi connectivity index (χ3v) is 13.5. The molecule has 2 unspecified atom stereocenters. The van der Waals surface area contributed by atoms with Crippen LogP contribution >= 0.6 is 0 Å². The summed E-state index contributed by atoms with van der Waals surface area (Å²) in [5.41, 5.74) is 3.10. The van der Waals surface area contributed by atoms with Gasteiger partial charge in [-0.3, -0.25) is 14.3 Å². The number of hydrogen-bond donors (Lipinski definition) is 4. The molecule has 7 rings (SSSR count). The molecule has 4 heterocycles. The van der Waals surface area contributed by atoms with Gasteiger partial charge in [-0.15, -0.1) is 5.10 Å². The molecule has 1 aromatic heterocycles. The highest BCUT2D eigenvalue weighted by atomic mass is 28.4. The summed E-state index contributed by atoms with van der Waals surface area (Å²) in [5.74, 6) is -0.958. The topological polar surface area (TPSA) is 142 Å². The highest BCUT2D eigenvalue weighted by Crippen LogP contribution is 2.60. The van der Waals surface area contributed by atoms with Crippen LogP contribution < -0.4 is 15.5 Å². The molecule has 2 fully saturated rings. The Bertz CT molecular complexity index is 1840. The van der Waals surface area contributed by atoms with Gasteiger partial charge in [0.15, 0.2) is 13.9 Å². The molecule has 0 radical (unpaired) electrons. The van der Waals surface area contributed by atoms with Crippen LogP contribution in [0.5, 0.6) is 0 Å². The first-order valence-electron chi connectivity index (χ1n) is 18.1. The minimum atomic E-state index is -2.90. The van der Waals surface area contributed by atoms with Crippen LogP contribution in [-0.2, 0) is 33.0 Å². The number of nitrogens with zero attached hydrogens (tertiary/aromatic N) is 4. The van der Waals surface area contributed by atoms with Crippen LogP contribution in [0.2, 0.25) is 18.6 Å². The number of rotatable bonds is 11. The van der Waals surface area contributed by atoms with Crippen LogP contribution in [0.4, 0.5) is 11.4 Å². The van der Waals surface area contributed by atoms with Crippen LogP contribution in [0.25, 0.3) is 0 Å². The molecule has 2 amide bonds. The Labute approximate surface area is 300 Å². The number of aliphatic hydroxyl groups is 1. The van der Waals surface area contributed by atoms with E-state index in [1.165, 1.54) is 0 Å². The second-order valence-corrected chi connectivity index (χ2v) is 18.8. The average Bonchev–Trinajstić information content (AvgIpc) is 3.79. The smallest absolute Gasteiger partial charge is 0.264 e. The van der Waals surface area contributed by atoms with Gasteiger partial charge in [0, 0.05) is 42.0 Å². The van der Waals surface area contributed by atoms with Gasteiger partial charge >= 0.3 is 0 Å². The van der Waals surface area contributed by atoms with Gasteiger partial charge in [-0.1, -0.05) is 72.8 Å². The van der Waals surface area contributed by atoms with Gasteiger partial charge in [0.1, 0.15) is 0 Å². The van der Waals surface area contributed by atoms with Crippen molar-refractivity contribution in [3.63, 3.8) is 0 Å². The second kappa shape index (κ2) is 14.4. The van der Waals surface area contributed by atoms with E-state index in [1.54, 1.807) is 9.58 Å². The monoisotopic (exact) mass is 708 g/mol. The SMILES string of the molecule is C[C@@H]1[C@@H]([Si](C)(C)O)[C@H](CCn2cc(C(CO)c3ccccc3)nn2)O[C@@]12C(=O)N(Cc1ccccc1)c1ccc(NC(=O)C3CCCNC3)cc12. The highest BCUT2D eigenvalue weighted by molar-refractivity contribution is 6.71. The van der Waals surface area contributed by atoms with Gasteiger partial charge in [0.05, 0.1) is 42.5 Å². The second-order valence-electron chi connectivity index (χ2n) is 14.8. The predicted octanol–water partition coefficient (Wildman–Crippen LogP) is 4.78. The third kappa shape index (κ3) is 6.78. The fourth-order valence-electron chi connectivity index (χ4n) is 8.56. The standard InChI is InChI=1S/C39H48N6O5Si/c1-26-36(51(2,3)49)35(18-20-44-24-33(42-43-44)31(25-46)28-13-8-5-9-14-28)50-39(26)32-21-30(41-37(47)29-15-10-19-40-22-29)16-17-34(32)45(38(39)48)23-27-11-6-4-7-12-27/h4-9,11-14,16-17,21,24,26,29,31,35-36,40,46,49H,10,15,18-20,22-23,25H2,1-3H3,(H,41,47)/t26-,29?,31?,35+,36-,39+/m1/s1. The zero-order valence-electron chi connectivity index (χ0n) is 29.5. The quantitative estimate of drug-likeness (QED) is 0.163. The van der Waals surface area contributed by atoms with Crippen molar-refractivity contribution in [3.05, 3.63) is 107 Å². The number of ether oxygens (including phenoxy) is 1. The van der Waals surface area contributed by atoms with E-state index in [-0.39, 0.29) is 41.7 Å². The van der Waals surface area contributed by atoms with E-state index in [4.69, 9.17) is 4.74 Å². The summed E-state index contributed by atoms with van der Waals surface area (Å²) in [6.07, 6.45) is 3.69. The van der Waals surface area contributed by atoms with Gasteiger partial charge < -0.3 is 30.2 Å². The zero-order valence-corrected chi connectivity index (χ0v) is 30.5. The fourth-order valence-corrected chi connectivity index (χ4v) is 11.2. The van der Waals surface area contributed by atoms with Gasteiger partial charge in [-0.25, -0.2) is 0 Å². The summed E-state index contributed by atoms with van der Waals surface area (Å²) >= 11 is 0. The molecule has 11 nitrogen and oxygen atoms in total. The fraction of sp³-hybridized carbons (Fsp3) is 0.436. The number of carbonyl (C=O) groups is 2. The Hall–Kier alpha value is -4.20. The summed E-state index contributed by atoms with van der Waals surface area (Å²) in [6.45, 7) is 8.15. The Morgan fingerprint density at radius 2 is 1.86 bits per heavy atom. The Kier molecular flexibility index (Phi) is 9.96. The number of hydrogen-bond acceptors (Lipinski definition) is 8. The number of amides is 2. The Morgan fingerprint density at radius 1 is 1.12 bits per heavy atom. The average molecular weight is 709 g/mol. The normalized spacial score (nSPS) is 25.3. The molecule has 0 aliphatic carbocycles. The molecule has 3 aliphatic rings. The molecule has 268 valence electrons. The molecular weight excluding hydrogens is 661 g/mol. The van der Waals surface area contributed by atoms with Gasteiger partial charge in [0.2, 0.25) is 5.91 Å². The minimum absolute atomic E-state index is 0.0374. The van der Waals surface area contributed by atoms with Crippen molar-refractivity contribution in [2.24, 2.45) is 11.8 Å². The van der Waals surface area contributed by atoms with Crippen molar-refractivity contribution < 1.29 is 24.2 Å². The van der Waals surface area contributed by atoms with Crippen LogP contribution in [0.15, 0.2) is 85.1 Å². The Morgan fingerprint density at radius 3 is 2.55 bits per heavy atom. The molecule has 12 heteroatoms. The lowest BCUT2D eigenvalue weighted by Crippen LogP contribution is -2.46. The van der Waals surface area contributed by atoms with Crippen molar-refractivity contribution >= 4 is 31.5 Å². The van der Waals surface area contributed by atoms with Crippen LogP contribution in [-0.4, -0.2) is 70.8 Å². The summed E-state index contributed by atoms with van der Waals surface area (Å²) in [7, 11) is -2.90. The van der Waals surface area contributed by atoms with E-state index in [9.17, 15) is 19.5 Å². The van der Waals surface area contributed by atoms with Crippen LogP contribution in [0.1, 0.15) is 54.5 Å². The van der Waals surface area contributed by atoms with Crippen molar-refractivity contribution in [2.45, 2.75) is 75.5 Å². The van der Waals surface area contributed by atoms with E-state index in [0.29, 0.717) is 37.4 Å². The molecule has 2 saturated heterocycles. The zero-order chi connectivity index (χ0) is 35.8. The number of nitrogens with one attached hydrogen (secondary N) is 2. The first kappa shape index (κ1) is 35.2. The number of aliphatic hydroxyl groups excluding tert-OH is 1. The molecule has 4 aromatic rings. The number of piperidine rings is 1. The summed E-state index contributed by atoms with van der Waals surface area (Å²) < 4.78 is 8.82. The van der Waals surface area contributed by atoms with E-state index < -0.39 is 20.0 Å². The van der Waals surface area contributed by atoms with Gasteiger partial charge in [0.25, 0.3) is 5.91 Å². The lowest BCUT2D eigenvalue weighted by Gasteiger charge is -2.32. The van der Waals surface area contributed by atoms with Crippen LogP contribution in [0, 0.1) is 11.8 Å². The number of aromatic nitrogens is 3. The molecule has 3 aromatic carbocycles. The largest absolute Gasteiger partial charge is 0.432 e. The molecule has 0 saturated carbocycles. The number of aryl methyl sites for hydroxylation is 1. The Balaban J connectivity index is 1.20. The number of fused-ring (bicyclic) bond motifs is 2. The summed E-state index contributed by atoms with van der Waals surface area (Å²) in [4.78, 5) is 41.8. The lowest BCUT2D eigenvalue weighted by atomic mass is 9.82. The van der Waals surface area contributed by atoms with Crippen molar-refractivity contribution in [1.82, 2.24) is 20.3 Å². The third-order valence-electron chi connectivity index (χ3n) is 11.0. The van der Waals surface area contributed by atoms with Gasteiger partial charge in [-0.05, 0) is 68.2 Å². The van der Waals surface area contributed by atoms with Crippen molar-refractivity contribution in [3.8, 4) is 0 Å². The van der Waals surface area contributed by atoms with E-state index in [1.807, 2.05) is 105 Å². The van der Waals surface area contributed by atoms with Crippen molar-refractivity contribution in [2.75, 3.05) is 29.9 Å². The highest BCUT2D eigenvalue weighted by Gasteiger charge is 2.66. The molecular formula is C39H48N6O5Si. The molecule has 6 atom stereocenters. The maximum Gasteiger partial charge on any atom is 0.264 e. The summed E-state index contributed by atoms with van der Waals surface area (Å²) in [5, 5.41) is 25.4. The summed E-state index contributed by atoms with van der Waals surface area (Å²) in [6, 6.07) is 25.3. The first-order chi connectivity index (χ1) is 24.6. The van der Waals surface area contributed by atoms with E-state index in [0.717, 1.165) is 41.8 Å². The number of carbonyl (C=O) groups excluding carboxylic acids is 2. The molecule has 51 heavy (non-hydrogen) atoms. The predicted molar refractivity (Wildman–Crippen MR) is 197 cm³/mol. The number of anilines is 2. The molecule has 3 aliphatic heterocycles. The molecule has 0 bridgehead atoms. The van der Waals surface area contributed by atoms with E-state index >= 15 is 0 Å². The van der Waals surface area contributed by atoms with Crippen molar-refractivity contribution in [1.29, 1.82) is 0 Å². The number of benzene rings is 3. The molecule has 4 N–H and O–H groups in total. The minimum Gasteiger partial charge on any atom is -0.432 e.